The summed E-state index contributed by atoms with van der Waals surface area (Å²) in [6.45, 7) is 2.09. The second-order valence-corrected chi connectivity index (χ2v) is 10.8. The van der Waals surface area contributed by atoms with Crippen LogP contribution in [0.15, 0.2) is 41.3 Å². The molecule has 4 aromatic rings. The lowest BCUT2D eigenvalue weighted by molar-refractivity contribution is -0.138. The molecule has 12 heteroatoms. The Morgan fingerprint density at radius 2 is 1.95 bits per heavy atom. The Morgan fingerprint density at radius 3 is 2.68 bits per heavy atom. The summed E-state index contributed by atoms with van der Waals surface area (Å²) in [7, 11) is 3.11. The maximum Gasteiger partial charge on any atom is 0.248 e. The molecule has 11 nitrogen and oxygen atoms in total. The molecule has 4 heterocycles. The third kappa shape index (κ3) is 3.82. The highest BCUT2D eigenvalue weighted by Crippen LogP contribution is 2.59. The number of nitrogens with zero attached hydrogens (tertiary/aromatic N) is 5. The molecule has 3 N–H and O–H groups in total. The molecule has 0 unspecified atom stereocenters. The average Bonchev–Trinajstić information content (AvgIpc) is 3.31. The number of rotatable bonds is 6. The summed E-state index contributed by atoms with van der Waals surface area (Å²) in [6, 6.07) is 8.31. The zero-order valence-corrected chi connectivity index (χ0v) is 22.7. The molecule has 1 aliphatic carbocycles. The lowest BCUT2D eigenvalue weighted by Crippen LogP contribution is -2.46. The van der Waals surface area contributed by atoms with Crippen LogP contribution in [0.25, 0.3) is 21.9 Å². The van der Waals surface area contributed by atoms with Gasteiger partial charge >= 0.3 is 0 Å². The Labute approximate surface area is 226 Å². The Hall–Kier alpha value is -3.93. The highest BCUT2D eigenvalue weighted by molar-refractivity contribution is 9.10. The predicted octanol–water partition coefficient (Wildman–Crippen LogP) is 3.36. The highest BCUT2D eigenvalue weighted by Gasteiger charge is 2.64. The molecular weight excluding hydrogens is 554 g/mol. The SMILES string of the molecule is COc1cc2c3c(N)ncnc3n(CC(=O)N3[C@H](C(=O)Nc4cccc(Br)n4)C[C@@]4(C)C[C@@H]34)c2cc1OC. The maximum absolute atomic E-state index is 13.9. The van der Waals surface area contributed by atoms with Crippen LogP contribution in [0.4, 0.5) is 11.6 Å². The van der Waals surface area contributed by atoms with Gasteiger partial charge in [-0.15, -0.1) is 0 Å². The number of halogens is 1. The number of methoxy groups -OCH3 is 2. The van der Waals surface area contributed by atoms with Crippen molar-refractivity contribution in [3.8, 4) is 11.5 Å². The van der Waals surface area contributed by atoms with Crippen LogP contribution >= 0.6 is 15.9 Å². The Kier molecular flexibility index (Phi) is 5.67. The molecule has 196 valence electrons. The van der Waals surface area contributed by atoms with Gasteiger partial charge in [0.15, 0.2) is 11.5 Å². The highest BCUT2D eigenvalue weighted by atomic mass is 79.9. The number of pyridine rings is 1. The first-order valence-corrected chi connectivity index (χ1v) is 12.9. The number of nitrogens with two attached hydrogens (primary N) is 1. The molecule has 2 fully saturated rings. The number of carbonyl (C=O) groups excluding carboxylic acids is 2. The lowest BCUT2D eigenvalue weighted by atomic mass is 10.0. The first kappa shape index (κ1) is 24.4. The van der Waals surface area contributed by atoms with E-state index in [0.717, 1.165) is 11.8 Å². The number of anilines is 2. The van der Waals surface area contributed by atoms with Gasteiger partial charge in [-0.3, -0.25) is 9.59 Å². The Balaban J connectivity index is 1.37. The smallest absolute Gasteiger partial charge is 0.248 e. The van der Waals surface area contributed by atoms with Crippen molar-refractivity contribution >= 4 is 61.3 Å². The molecule has 1 saturated carbocycles. The number of piperidine rings is 1. The summed E-state index contributed by atoms with van der Waals surface area (Å²) in [5.74, 6) is 1.34. The normalized spacial score (nSPS) is 21.9. The minimum atomic E-state index is -0.602. The van der Waals surface area contributed by atoms with Gasteiger partial charge in [0, 0.05) is 17.5 Å². The van der Waals surface area contributed by atoms with E-state index in [1.807, 2.05) is 6.07 Å². The third-order valence-electron chi connectivity index (χ3n) is 7.66. The largest absolute Gasteiger partial charge is 0.493 e. The molecule has 3 atom stereocenters. The first-order chi connectivity index (χ1) is 18.2. The van der Waals surface area contributed by atoms with E-state index in [0.29, 0.717) is 50.7 Å². The van der Waals surface area contributed by atoms with Crippen LogP contribution in [0, 0.1) is 5.41 Å². The number of aromatic nitrogens is 4. The van der Waals surface area contributed by atoms with Crippen LogP contribution in [0.1, 0.15) is 19.8 Å². The fraction of sp³-hybridized carbons (Fsp3) is 0.346. The molecule has 38 heavy (non-hydrogen) atoms. The number of hydrogen-bond acceptors (Lipinski definition) is 8. The van der Waals surface area contributed by atoms with Gasteiger partial charge in [-0.1, -0.05) is 13.0 Å². The monoisotopic (exact) mass is 579 g/mol. The second kappa shape index (κ2) is 8.83. The molecule has 2 aliphatic rings. The van der Waals surface area contributed by atoms with E-state index in [1.54, 1.807) is 48.0 Å². The number of amides is 2. The molecule has 0 bridgehead atoms. The van der Waals surface area contributed by atoms with Crippen molar-refractivity contribution in [1.29, 1.82) is 0 Å². The average molecular weight is 580 g/mol. The number of fused-ring (bicyclic) bond motifs is 4. The van der Waals surface area contributed by atoms with E-state index >= 15 is 0 Å². The second-order valence-electron chi connectivity index (χ2n) is 10.00. The molecule has 1 aliphatic heterocycles. The van der Waals surface area contributed by atoms with Crippen LogP contribution < -0.4 is 20.5 Å². The zero-order valence-electron chi connectivity index (χ0n) is 21.1. The molecule has 2 amide bonds. The summed E-state index contributed by atoms with van der Waals surface area (Å²) < 4.78 is 13.4. The van der Waals surface area contributed by atoms with E-state index in [1.165, 1.54) is 6.33 Å². The maximum atomic E-state index is 13.9. The van der Waals surface area contributed by atoms with E-state index in [9.17, 15) is 9.59 Å². The van der Waals surface area contributed by atoms with Gasteiger partial charge in [0.1, 0.15) is 40.8 Å². The van der Waals surface area contributed by atoms with Crippen molar-refractivity contribution in [2.45, 2.75) is 38.4 Å². The van der Waals surface area contributed by atoms with Crippen molar-refractivity contribution in [1.82, 2.24) is 24.4 Å². The van der Waals surface area contributed by atoms with Crippen molar-refractivity contribution in [3.63, 3.8) is 0 Å². The summed E-state index contributed by atoms with van der Waals surface area (Å²) in [5.41, 5.74) is 7.40. The van der Waals surface area contributed by atoms with Crippen LogP contribution in [-0.2, 0) is 16.1 Å². The summed E-state index contributed by atoms with van der Waals surface area (Å²) in [5, 5.41) is 4.25. The summed E-state index contributed by atoms with van der Waals surface area (Å²) >= 11 is 3.33. The van der Waals surface area contributed by atoms with Gasteiger partial charge < -0.3 is 30.0 Å². The minimum absolute atomic E-state index is 0.00337. The Morgan fingerprint density at radius 1 is 1.18 bits per heavy atom. The van der Waals surface area contributed by atoms with E-state index in [4.69, 9.17) is 15.2 Å². The Bertz CT molecular complexity index is 1620. The van der Waals surface area contributed by atoms with Gasteiger partial charge in [0.2, 0.25) is 11.8 Å². The van der Waals surface area contributed by atoms with Crippen molar-refractivity contribution in [3.05, 3.63) is 41.3 Å². The van der Waals surface area contributed by atoms with Crippen molar-refractivity contribution in [2.24, 2.45) is 5.41 Å². The quantitative estimate of drug-likeness (QED) is 0.332. The van der Waals surface area contributed by atoms with Crippen LogP contribution in [0.3, 0.4) is 0 Å². The van der Waals surface area contributed by atoms with E-state index in [2.05, 4.69) is 43.1 Å². The fourth-order valence-corrected chi connectivity index (χ4v) is 6.03. The molecule has 0 spiro atoms. The number of benzene rings is 1. The third-order valence-corrected chi connectivity index (χ3v) is 8.10. The fourth-order valence-electron chi connectivity index (χ4n) is 5.68. The molecule has 0 radical (unpaired) electrons. The van der Waals surface area contributed by atoms with E-state index < -0.39 is 6.04 Å². The van der Waals surface area contributed by atoms with Gasteiger partial charge in [0.05, 0.1) is 25.1 Å². The van der Waals surface area contributed by atoms with E-state index in [-0.39, 0.29) is 29.8 Å². The number of likely N-dealkylation sites (tertiary alicyclic amines) is 1. The molecule has 3 aromatic heterocycles. The molecular formula is C26H26BrN7O4. The van der Waals surface area contributed by atoms with Crippen LogP contribution in [-0.4, -0.2) is 62.5 Å². The minimum Gasteiger partial charge on any atom is -0.493 e. The first-order valence-electron chi connectivity index (χ1n) is 12.1. The molecule has 1 aromatic carbocycles. The number of ether oxygens (including phenoxy) is 2. The van der Waals surface area contributed by atoms with Crippen molar-refractivity contribution in [2.75, 3.05) is 25.3 Å². The lowest BCUT2D eigenvalue weighted by Gasteiger charge is -2.27. The van der Waals surface area contributed by atoms with Crippen LogP contribution in [0.5, 0.6) is 11.5 Å². The number of hydrogen-bond donors (Lipinski definition) is 2. The van der Waals surface area contributed by atoms with Gasteiger partial charge in [-0.05, 0) is 52.4 Å². The predicted molar refractivity (Wildman–Crippen MR) is 145 cm³/mol. The summed E-state index contributed by atoms with van der Waals surface area (Å²) in [6.07, 6.45) is 2.84. The van der Waals surface area contributed by atoms with Crippen molar-refractivity contribution < 1.29 is 19.1 Å². The van der Waals surface area contributed by atoms with Gasteiger partial charge in [-0.25, -0.2) is 15.0 Å². The zero-order chi connectivity index (χ0) is 26.8. The summed E-state index contributed by atoms with van der Waals surface area (Å²) in [4.78, 5) is 41.9. The standard InChI is InChI=1S/C26H26BrN7O4/c1-26-9-15(25(36)32-20-6-4-5-19(27)31-20)34(18(26)10-26)21(35)11-33-14-8-17(38-3)16(37-2)7-13(14)22-23(28)29-12-30-24(22)33/h4-8,12,15,18H,9-11H2,1-3H3,(H2,28,29,30)(H,31,32,36)/t15-,18+,26-/m0/s1. The number of carbonyl (C=O) groups is 2. The number of nitrogens with one attached hydrogen (secondary N) is 1. The molecule has 6 rings (SSSR count). The number of nitrogen functional groups attached to an aromatic ring is 1. The van der Waals surface area contributed by atoms with Gasteiger partial charge in [-0.2, -0.15) is 0 Å². The topological polar surface area (TPSA) is 137 Å². The van der Waals surface area contributed by atoms with Gasteiger partial charge in [0.25, 0.3) is 0 Å². The van der Waals surface area contributed by atoms with Crippen LogP contribution in [0.2, 0.25) is 0 Å². The molecule has 1 saturated heterocycles.